The first-order valence-electron chi connectivity index (χ1n) is 9.17. The van der Waals surface area contributed by atoms with Crippen LogP contribution in [0.4, 0.5) is 4.79 Å². The molecule has 7 heteroatoms. The number of piperidine rings is 1. The van der Waals surface area contributed by atoms with Gasteiger partial charge in [-0.1, -0.05) is 41.9 Å². The molecular weight excluding hydrogens is 380 g/mol. The molecule has 1 N–H and O–H groups in total. The van der Waals surface area contributed by atoms with E-state index in [-0.39, 0.29) is 24.6 Å². The van der Waals surface area contributed by atoms with Gasteiger partial charge >= 0.3 is 6.09 Å². The number of nitrogens with zero attached hydrogens (tertiary/aromatic N) is 1. The average molecular weight is 403 g/mol. The van der Waals surface area contributed by atoms with Crippen LogP contribution in [0.25, 0.3) is 0 Å². The van der Waals surface area contributed by atoms with Crippen LogP contribution >= 0.6 is 11.6 Å². The SMILES string of the molecule is COc1ccc(Cl)cc1C(=O)NC1CCN(C(=O)OCc2ccccc2)CC1. The topological polar surface area (TPSA) is 67.9 Å². The molecule has 0 aromatic heterocycles. The van der Waals surface area contributed by atoms with E-state index in [0.717, 1.165) is 5.56 Å². The Morgan fingerprint density at radius 1 is 1.14 bits per heavy atom. The van der Waals surface area contributed by atoms with Crippen LogP contribution in [0.2, 0.25) is 5.02 Å². The first kappa shape index (κ1) is 20.0. The minimum Gasteiger partial charge on any atom is -0.496 e. The van der Waals surface area contributed by atoms with Crippen molar-refractivity contribution in [1.29, 1.82) is 0 Å². The number of amides is 2. The van der Waals surface area contributed by atoms with E-state index in [9.17, 15) is 9.59 Å². The maximum absolute atomic E-state index is 12.6. The Labute approximate surface area is 169 Å². The predicted octanol–water partition coefficient (Wildman–Crippen LogP) is 3.88. The summed E-state index contributed by atoms with van der Waals surface area (Å²) in [6, 6.07) is 14.5. The van der Waals surface area contributed by atoms with Gasteiger partial charge in [-0.3, -0.25) is 4.79 Å². The van der Waals surface area contributed by atoms with Crippen LogP contribution in [0.5, 0.6) is 5.75 Å². The molecule has 1 fully saturated rings. The fourth-order valence-corrected chi connectivity index (χ4v) is 3.31. The van der Waals surface area contributed by atoms with Crippen LogP contribution in [-0.2, 0) is 11.3 Å². The first-order valence-corrected chi connectivity index (χ1v) is 9.54. The van der Waals surface area contributed by atoms with Crippen molar-refractivity contribution in [1.82, 2.24) is 10.2 Å². The lowest BCUT2D eigenvalue weighted by Gasteiger charge is -2.31. The van der Waals surface area contributed by atoms with Crippen molar-refractivity contribution in [3.63, 3.8) is 0 Å². The van der Waals surface area contributed by atoms with Crippen molar-refractivity contribution >= 4 is 23.6 Å². The molecule has 0 saturated carbocycles. The molecule has 1 saturated heterocycles. The predicted molar refractivity (Wildman–Crippen MR) is 107 cm³/mol. The lowest BCUT2D eigenvalue weighted by Crippen LogP contribution is -2.46. The van der Waals surface area contributed by atoms with Gasteiger partial charge in [-0.15, -0.1) is 0 Å². The maximum Gasteiger partial charge on any atom is 0.410 e. The smallest absolute Gasteiger partial charge is 0.410 e. The fourth-order valence-electron chi connectivity index (χ4n) is 3.14. The minimum absolute atomic E-state index is 0.0191. The van der Waals surface area contributed by atoms with Crippen molar-refractivity contribution in [2.45, 2.75) is 25.5 Å². The van der Waals surface area contributed by atoms with Crippen LogP contribution < -0.4 is 10.1 Å². The van der Waals surface area contributed by atoms with Crippen LogP contribution in [0.1, 0.15) is 28.8 Å². The van der Waals surface area contributed by atoms with Gasteiger partial charge in [0.1, 0.15) is 12.4 Å². The van der Waals surface area contributed by atoms with E-state index in [4.69, 9.17) is 21.1 Å². The summed E-state index contributed by atoms with van der Waals surface area (Å²) in [7, 11) is 1.51. The van der Waals surface area contributed by atoms with E-state index in [0.29, 0.717) is 42.3 Å². The molecule has 0 aliphatic carbocycles. The lowest BCUT2D eigenvalue weighted by molar-refractivity contribution is 0.0808. The largest absolute Gasteiger partial charge is 0.496 e. The summed E-state index contributed by atoms with van der Waals surface area (Å²) in [4.78, 5) is 26.5. The summed E-state index contributed by atoms with van der Waals surface area (Å²) in [6.45, 7) is 1.32. The van der Waals surface area contributed by atoms with Crippen LogP contribution in [0, 0.1) is 0 Å². The Morgan fingerprint density at radius 3 is 2.54 bits per heavy atom. The third-order valence-corrected chi connectivity index (χ3v) is 4.93. The molecule has 3 rings (SSSR count). The summed E-state index contributed by atoms with van der Waals surface area (Å²) in [6.07, 6.45) is 0.995. The molecule has 0 radical (unpaired) electrons. The van der Waals surface area contributed by atoms with E-state index < -0.39 is 0 Å². The number of halogens is 1. The molecule has 2 aromatic rings. The Balaban J connectivity index is 1.48. The number of nitrogens with one attached hydrogen (secondary N) is 1. The highest BCUT2D eigenvalue weighted by Gasteiger charge is 2.26. The molecule has 0 bridgehead atoms. The van der Waals surface area contributed by atoms with E-state index in [1.165, 1.54) is 7.11 Å². The summed E-state index contributed by atoms with van der Waals surface area (Å²) >= 11 is 5.99. The Hall–Kier alpha value is -2.73. The van der Waals surface area contributed by atoms with Gasteiger partial charge < -0.3 is 19.7 Å². The molecule has 2 aromatic carbocycles. The number of hydrogen-bond donors (Lipinski definition) is 1. The minimum atomic E-state index is -0.329. The highest BCUT2D eigenvalue weighted by atomic mass is 35.5. The number of carbonyl (C=O) groups excluding carboxylic acids is 2. The molecule has 1 heterocycles. The molecule has 6 nitrogen and oxygen atoms in total. The van der Waals surface area contributed by atoms with E-state index >= 15 is 0 Å². The summed E-state index contributed by atoms with van der Waals surface area (Å²) < 4.78 is 10.6. The monoisotopic (exact) mass is 402 g/mol. The molecule has 28 heavy (non-hydrogen) atoms. The highest BCUT2D eigenvalue weighted by Crippen LogP contribution is 2.23. The zero-order chi connectivity index (χ0) is 19.9. The van der Waals surface area contributed by atoms with Crippen LogP contribution in [0.3, 0.4) is 0 Å². The van der Waals surface area contributed by atoms with Gasteiger partial charge in [0.15, 0.2) is 0 Å². The quantitative estimate of drug-likeness (QED) is 0.824. The second-order valence-corrected chi connectivity index (χ2v) is 7.06. The molecule has 0 spiro atoms. The van der Waals surface area contributed by atoms with Gasteiger partial charge in [-0.25, -0.2) is 4.79 Å². The van der Waals surface area contributed by atoms with E-state index in [2.05, 4.69) is 5.32 Å². The molecule has 148 valence electrons. The average Bonchev–Trinajstić information content (AvgIpc) is 2.73. The standard InChI is InChI=1S/C21H23ClN2O4/c1-27-19-8-7-16(22)13-18(19)20(25)23-17-9-11-24(12-10-17)21(26)28-14-15-5-3-2-4-6-15/h2-8,13,17H,9-12,14H2,1H3,(H,23,25). The highest BCUT2D eigenvalue weighted by molar-refractivity contribution is 6.31. The third-order valence-electron chi connectivity index (χ3n) is 4.70. The van der Waals surface area contributed by atoms with Crippen LogP contribution in [0.15, 0.2) is 48.5 Å². The molecular formula is C21H23ClN2O4. The van der Waals surface area contributed by atoms with Crippen molar-refractivity contribution in [2.24, 2.45) is 0 Å². The number of benzene rings is 2. The number of likely N-dealkylation sites (tertiary alicyclic amines) is 1. The second-order valence-electron chi connectivity index (χ2n) is 6.62. The van der Waals surface area contributed by atoms with Gasteiger partial charge in [0, 0.05) is 24.2 Å². The number of rotatable bonds is 5. The maximum atomic E-state index is 12.6. The number of methoxy groups -OCH3 is 1. The van der Waals surface area contributed by atoms with Gasteiger partial charge in [-0.2, -0.15) is 0 Å². The van der Waals surface area contributed by atoms with Crippen molar-refractivity contribution in [3.05, 3.63) is 64.7 Å². The van der Waals surface area contributed by atoms with Gasteiger partial charge in [0.05, 0.1) is 12.7 Å². The molecule has 1 aliphatic heterocycles. The Morgan fingerprint density at radius 2 is 1.86 bits per heavy atom. The number of carbonyl (C=O) groups is 2. The lowest BCUT2D eigenvalue weighted by atomic mass is 10.0. The second kappa shape index (κ2) is 9.46. The Bertz CT molecular complexity index is 820. The summed E-state index contributed by atoms with van der Waals surface area (Å²) in [5.41, 5.74) is 1.35. The summed E-state index contributed by atoms with van der Waals surface area (Å²) in [5.74, 6) is 0.244. The van der Waals surface area contributed by atoms with Crippen molar-refractivity contribution in [3.8, 4) is 5.75 Å². The Kier molecular flexibility index (Phi) is 6.76. The third kappa shape index (κ3) is 5.16. The van der Waals surface area contributed by atoms with Gasteiger partial charge in [0.2, 0.25) is 0 Å². The number of hydrogen-bond acceptors (Lipinski definition) is 4. The van der Waals surface area contributed by atoms with E-state index in [1.54, 1.807) is 23.1 Å². The van der Waals surface area contributed by atoms with Crippen LogP contribution in [-0.4, -0.2) is 43.1 Å². The molecule has 0 atom stereocenters. The van der Waals surface area contributed by atoms with Gasteiger partial charge in [-0.05, 0) is 36.6 Å². The molecule has 1 aliphatic rings. The number of ether oxygens (including phenoxy) is 2. The fraction of sp³-hybridized carbons (Fsp3) is 0.333. The normalized spacial score (nSPS) is 14.4. The zero-order valence-electron chi connectivity index (χ0n) is 15.7. The molecule has 2 amide bonds. The molecule has 0 unspecified atom stereocenters. The van der Waals surface area contributed by atoms with E-state index in [1.807, 2.05) is 30.3 Å². The van der Waals surface area contributed by atoms with Gasteiger partial charge in [0.25, 0.3) is 5.91 Å². The summed E-state index contributed by atoms with van der Waals surface area (Å²) in [5, 5.41) is 3.47. The van der Waals surface area contributed by atoms with Crippen molar-refractivity contribution < 1.29 is 19.1 Å². The first-order chi connectivity index (χ1) is 13.6. The zero-order valence-corrected chi connectivity index (χ0v) is 16.4. The van der Waals surface area contributed by atoms with Crippen molar-refractivity contribution in [2.75, 3.05) is 20.2 Å².